The number of halogens is 1. The minimum atomic E-state index is -0.403. The van der Waals surface area contributed by atoms with E-state index in [0.29, 0.717) is 0 Å². The first-order valence-electron chi connectivity index (χ1n) is 1.96. The van der Waals surface area contributed by atoms with Crippen LogP contribution in [-0.2, 0) is 0 Å². The molecule has 3 heteroatoms. The summed E-state index contributed by atoms with van der Waals surface area (Å²) in [4.78, 5) is 0. The molecule has 0 atom stereocenters. The highest BCUT2D eigenvalue weighted by atomic mass is 35.5. The van der Waals surface area contributed by atoms with Crippen LogP contribution in [0.2, 0.25) is 0 Å². The fourth-order valence-corrected chi connectivity index (χ4v) is 0. The van der Waals surface area contributed by atoms with Crippen molar-refractivity contribution in [3.05, 3.63) is 0 Å². The molecule has 0 aliphatic heterocycles. The second-order valence-electron chi connectivity index (χ2n) is 2.15. The summed E-state index contributed by atoms with van der Waals surface area (Å²) < 4.78 is 0. The van der Waals surface area contributed by atoms with Crippen LogP contribution in [0.5, 0.6) is 0 Å². The Balaban J connectivity index is 0. The summed E-state index contributed by atoms with van der Waals surface area (Å²) in [6, 6.07) is 0. The third-order valence-electron chi connectivity index (χ3n) is 0.408. The lowest BCUT2D eigenvalue weighted by Gasteiger charge is -2.12. The van der Waals surface area contributed by atoms with Gasteiger partial charge < -0.3 is 23.2 Å². The average molecular weight is 125 g/mol. The molecule has 0 aliphatic rings. The average Bonchev–Trinajstić information content (AvgIpc) is 1.35. The molecule has 0 radical (unpaired) electrons. The van der Waals surface area contributed by atoms with Crippen LogP contribution in [0.3, 0.4) is 0 Å². The zero-order valence-electron chi connectivity index (χ0n) is 4.61. The molecular formula is C4H11ClNO-. The van der Waals surface area contributed by atoms with Crippen LogP contribution in [0.25, 0.3) is 0 Å². The van der Waals surface area contributed by atoms with Gasteiger partial charge in [0.15, 0.2) is 0 Å². The summed E-state index contributed by atoms with van der Waals surface area (Å²) in [5.41, 5.74) is 4.88. The largest absolute Gasteiger partial charge is 1.00 e. The van der Waals surface area contributed by atoms with Gasteiger partial charge in [-0.15, -0.1) is 0 Å². The molecule has 0 aromatic carbocycles. The topological polar surface area (TPSA) is 46.2 Å². The summed E-state index contributed by atoms with van der Waals surface area (Å²) in [6.07, 6.45) is 0. The molecule has 0 unspecified atom stereocenters. The van der Waals surface area contributed by atoms with E-state index in [1.165, 1.54) is 0 Å². The standard InChI is InChI=1S/C4H11NO.ClH/c1-4(2,5)3-6;/h6H,3,5H2,1-2H3;1H/p-1. The molecule has 0 rings (SSSR count). The molecule has 0 saturated heterocycles. The van der Waals surface area contributed by atoms with E-state index in [1.54, 1.807) is 13.8 Å². The summed E-state index contributed by atoms with van der Waals surface area (Å²) in [5.74, 6) is 0. The lowest BCUT2D eigenvalue weighted by atomic mass is 10.1. The van der Waals surface area contributed by atoms with E-state index >= 15 is 0 Å². The summed E-state index contributed by atoms with van der Waals surface area (Å²) >= 11 is 0. The number of nitrogens with two attached hydrogens (primary N) is 1. The van der Waals surface area contributed by atoms with Gasteiger partial charge in [0.2, 0.25) is 0 Å². The predicted octanol–water partition coefficient (Wildman–Crippen LogP) is -3.28. The molecule has 0 saturated carbocycles. The van der Waals surface area contributed by atoms with E-state index < -0.39 is 5.54 Å². The zero-order chi connectivity index (χ0) is 5.21. The molecule has 0 bridgehead atoms. The van der Waals surface area contributed by atoms with Crippen molar-refractivity contribution < 1.29 is 17.5 Å². The van der Waals surface area contributed by atoms with Crippen molar-refractivity contribution in [1.29, 1.82) is 0 Å². The number of hydrogen-bond donors (Lipinski definition) is 2. The first-order valence-corrected chi connectivity index (χ1v) is 1.96. The van der Waals surface area contributed by atoms with Gasteiger partial charge in [-0.1, -0.05) is 0 Å². The maximum atomic E-state index is 8.28. The Bertz CT molecular complexity index is 41.4. The fourth-order valence-electron chi connectivity index (χ4n) is 0. The van der Waals surface area contributed by atoms with Crippen molar-refractivity contribution >= 4 is 0 Å². The van der Waals surface area contributed by atoms with Crippen LogP contribution >= 0.6 is 0 Å². The monoisotopic (exact) mass is 124 g/mol. The molecule has 0 spiro atoms. The molecule has 0 aromatic heterocycles. The van der Waals surface area contributed by atoms with Gasteiger partial charge in [-0.25, -0.2) is 0 Å². The molecular weight excluding hydrogens is 114 g/mol. The van der Waals surface area contributed by atoms with Crippen LogP contribution in [-0.4, -0.2) is 17.3 Å². The van der Waals surface area contributed by atoms with Gasteiger partial charge in [0.05, 0.1) is 6.61 Å². The molecule has 0 amide bonds. The van der Waals surface area contributed by atoms with E-state index in [4.69, 9.17) is 10.8 Å². The molecule has 3 N–H and O–H groups in total. The Morgan fingerprint density at radius 1 is 1.57 bits per heavy atom. The maximum Gasteiger partial charge on any atom is 0.0605 e. The number of rotatable bonds is 1. The quantitative estimate of drug-likeness (QED) is 0.385. The number of aliphatic hydroxyl groups excluding tert-OH is 1. The molecule has 46 valence electrons. The summed E-state index contributed by atoms with van der Waals surface area (Å²) in [7, 11) is 0. The van der Waals surface area contributed by atoms with Crippen molar-refractivity contribution in [1.82, 2.24) is 0 Å². The Morgan fingerprint density at radius 3 is 1.71 bits per heavy atom. The van der Waals surface area contributed by atoms with E-state index in [1.807, 2.05) is 0 Å². The Hall–Kier alpha value is 0.210. The highest BCUT2D eigenvalue weighted by molar-refractivity contribution is 4.67. The van der Waals surface area contributed by atoms with Gasteiger partial charge in [0.1, 0.15) is 0 Å². The molecule has 2 nitrogen and oxygen atoms in total. The van der Waals surface area contributed by atoms with Gasteiger partial charge in [0, 0.05) is 5.54 Å². The predicted molar refractivity (Wildman–Crippen MR) is 25.4 cm³/mol. The highest BCUT2D eigenvalue weighted by Gasteiger charge is 2.05. The summed E-state index contributed by atoms with van der Waals surface area (Å²) in [5, 5.41) is 8.28. The third-order valence-corrected chi connectivity index (χ3v) is 0.408. The first-order chi connectivity index (χ1) is 2.56. The van der Waals surface area contributed by atoms with Crippen molar-refractivity contribution in [3.63, 3.8) is 0 Å². The van der Waals surface area contributed by atoms with Gasteiger partial charge in [-0.2, -0.15) is 0 Å². The second-order valence-corrected chi connectivity index (χ2v) is 2.15. The van der Waals surface area contributed by atoms with Crippen LogP contribution in [0.1, 0.15) is 13.8 Å². The number of aliphatic hydroxyl groups is 1. The van der Waals surface area contributed by atoms with Crippen molar-refractivity contribution in [3.8, 4) is 0 Å². The van der Waals surface area contributed by atoms with Crippen molar-refractivity contribution in [2.45, 2.75) is 19.4 Å². The lowest BCUT2D eigenvalue weighted by Crippen LogP contribution is -3.00. The van der Waals surface area contributed by atoms with Crippen LogP contribution in [0.15, 0.2) is 0 Å². The smallest absolute Gasteiger partial charge is 0.0605 e. The van der Waals surface area contributed by atoms with E-state index in [0.717, 1.165) is 0 Å². The fraction of sp³-hybridized carbons (Fsp3) is 1.00. The molecule has 0 fully saturated rings. The summed E-state index contributed by atoms with van der Waals surface area (Å²) in [6.45, 7) is 3.59. The third kappa shape index (κ3) is 10.7. The van der Waals surface area contributed by atoms with Gasteiger partial charge >= 0.3 is 0 Å². The maximum absolute atomic E-state index is 8.28. The molecule has 0 aliphatic carbocycles. The van der Waals surface area contributed by atoms with E-state index in [-0.39, 0.29) is 19.0 Å². The van der Waals surface area contributed by atoms with Crippen LogP contribution in [0.4, 0.5) is 0 Å². The van der Waals surface area contributed by atoms with Gasteiger partial charge in [0.25, 0.3) is 0 Å². The van der Waals surface area contributed by atoms with E-state index in [2.05, 4.69) is 0 Å². The lowest BCUT2D eigenvalue weighted by molar-refractivity contribution is -0.00000249. The number of hydrogen-bond acceptors (Lipinski definition) is 2. The van der Waals surface area contributed by atoms with Crippen molar-refractivity contribution in [2.24, 2.45) is 5.73 Å². The SMILES string of the molecule is CC(C)(N)CO.[Cl-]. The first kappa shape index (κ1) is 10.2. The normalized spacial score (nSPS) is 10.3. The Labute approximate surface area is 50.1 Å². The van der Waals surface area contributed by atoms with E-state index in [9.17, 15) is 0 Å². The Kier molecular flexibility index (Phi) is 4.75. The zero-order valence-corrected chi connectivity index (χ0v) is 5.37. The van der Waals surface area contributed by atoms with Gasteiger partial charge in [-0.3, -0.25) is 0 Å². The minimum Gasteiger partial charge on any atom is -1.00 e. The van der Waals surface area contributed by atoms with Gasteiger partial charge in [-0.05, 0) is 13.8 Å². The Morgan fingerprint density at radius 2 is 1.71 bits per heavy atom. The highest BCUT2D eigenvalue weighted by Crippen LogP contribution is 1.89. The van der Waals surface area contributed by atoms with Crippen LogP contribution in [0, 0.1) is 0 Å². The molecule has 7 heavy (non-hydrogen) atoms. The van der Waals surface area contributed by atoms with Crippen LogP contribution < -0.4 is 18.1 Å². The van der Waals surface area contributed by atoms with Crippen molar-refractivity contribution in [2.75, 3.05) is 6.61 Å². The molecule has 0 heterocycles. The molecule has 0 aromatic rings. The minimum absolute atomic E-state index is 0. The second kappa shape index (κ2) is 3.24.